The highest BCUT2D eigenvalue weighted by molar-refractivity contribution is 7.98. The van der Waals surface area contributed by atoms with E-state index in [9.17, 15) is 9.50 Å². The van der Waals surface area contributed by atoms with Crippen LogP contribution >= 0.6 is 23.4 Å². The highest BCUT2D eigenvalue weighted by atomic mass is 35.5. The quantitative estimate of drug-likeness (QED) is 0.756. The first-order valence-electron chi connectivity index (χ1n) is 6.70. The third kappa shape index (κ3) is 2.74. The lowest BCUT2D eigenvalue weighted by molar-refractivity contribution is 0.187. The fourth-order valence-corrected chi connectivity index (χ4v) is 3.56. The van der Waals surface area contributed by atoms with E-state index in [1.54, 1.807) is 17.8 Å². The van der Waals surface area contributed by atoms with E-state index in [-0.39, 0.29) is 5.02 Å². The molecule has 0 saturated carbocycles. The fraction of sp³-hybridized carbons (Fsp3) is 0.176. The number of benzene rings is 2. The lowest BCUT2D eigenvalue weighted by Gasteiger charge is -2.14. The molecule has 1 N–H and O–H groups in total. The molecule has 2 aromatic rings. The van der Waals surface area contributed by atoms with Gasteiger partial charge in [-0.1, -0.05) is 18.2 Å². The third-order valence-corrected chi connectivity index (χ3v) is 4.59. The van der Waals surface area contributed by atoms with E-state index in [1.165, 1.54) is 12.1 Å². The second-order valence-corrected chi connectivity index (χ2v) is 6.37. The average molecular weight is 337 g/mol. The number of halogens is 2. The van der Waals surface area contributed by atoms with Gasteiger partial charge in [0, 0.05) is 33.5 Å². The maximum atomic E-state index is 13.4. The summed E-state index contributed by atoms with van der Waals surface area (Å²) in [6, 6.07) is 7.75. The van der Waals surface area contributed by atoms with Gasteiger partial charge in [0.2, 0.25) is 0 Å². The second-order valence-electron chi connectivity index (χ2n) is 5.09. The first-order valence-corrected chi connectivity index (χ1v) is 8.31. The van der Waals surface area contributed by atoms with E-state index in [4.69, 9.17) is 16.3 Å². The highest BCUT2D eigenvalue weighted by Gasteiger charge is 2.29. The second kappa shape index (κ2) is 5.95. The summed E-state index contributed by atoms with van der Waals surface area (Å²) >= 11 is 7.41. The van der Waals surface area contributed by atoms with Crippen LogP contribution in [0.25, 0.3) is 5.57 Å². The van der Waals surface area contributed by atoms with Crippen molar-refractivity contribution in [3.05, 3.63) is 58.9 Å². The van der Waals surface area contributed by atoms with E-state index >= 15 is 0 Å². The normalized spacial score (nSPS) is 16.7. The van der Waals surface area contributed by atoms with E-state index < -0.39 is 11.9 Å². The minimum Gasteiger partial charge on any atom is -0.457 e. The van der Waals surface area contributed by atoms with Crippen molar-refractivity contribution in [1.29, 1.82) is 0 Å². The molecular weight excluding hydrogens is 323 g/mol. The summed E-state index contributed by atoms with van der Waals surface area (Å²) in [5.74, 6) is 0.410. The number of aliphatic hydroxyl groups is 1. The standard InChI is InChI=1S/C17H14ClFO2S/c1-9-5-13(20)17-15(22-2)4-3-14(16(9)17)21-12-7-10(18)6-11(19)8-12/h3-4,6-8,13,20H,1,5H2,2H3. The zero-order valence-corrected chi connectivity index (χ0v) is 13.5. The van der Waals surface area contributed by atoms with Gasteiger partial charge in [0.05, 0.1) is 6.10 Å². The van der Waals surface area contributed by atoms with E-state index in [0.29, 0.717) is 17.9 Å². The number of fused-ring (bicyclic) bond motifs is 1. The van der Waals surface area contributed by atoms with Gasteiger partial charge in [0.1, 0.15) is 17.3 Å². The Bertz CT molecular complexity index is 740. The van der Waals surface area contributed by atoms with Crippen molar-refractivity contribution in [3.8, 4) is 11.5 Å². The number of hydrogen-bond acceptors (Lipinski definition) is 3. The smallest absolute Gasteiger partial charge is 0.135 e. The molecule has 0 amide bonds. The Morgan fingerprint density at radius 1 is 1.36 bits per heavy atom. The largest absolute Gasteiger partial charge is 0.457 e. The number of hydrogen-bond donors (Lipinski definition) is 1. The lowest BCUT2D eigenvalue weighted by atomic mass is 10.1. The van der Waals surface area contributed by atoms with Crippen molar-refractivity contribution in [2.24, 2.45) is 0 Å². The molecule has 0 heterocycles. The predicted octanol–water partition coefficient (Wildman–Crippen LogP) is 5.44. The van der Waals surface area contributed by atoms with Crippen molar-refractivity contribution in [2.45, 2.75) is 17.4 Å². The van der Waals surface area contributed by atoms with E-state index in [2.05, 4.69) is 6.58 Å². The zero-order valence-electron chi connectivity index (χ0n) is 11.9. The average Bonchev–Trinajstić information content (AvgIpc) is 2.74. The number of aliphatic hydroxyl groups excluding tert-OH is 1. The van der Waals surface area contributed by atoms with Crippen LogP contribution in [0.3, 0.4) is 0 Å². The van der Waals surface area contributed by atoms with E-state index in [1.807, 2.05) is 18.4 Å². The van der Waals surface area contributed by atoms with Crippen molar-refractivity contribution < 1.29 is 14.2 Å². The van der Waals surface area contributed by atoms with E-state index in [0.717, 1.165) is 21.6 Å². The summed E-state index contributed by atoms with van der Waals surface area (Å²) in [6.45, 7) is 4.01. The van der Waals surface area contributed by atoms with Gasteiger partial charge in [-0.05, 0) is 36.1 Å². The van der Waals surface area contributed by atoms with Gasteiger partial charge in [0.15, 0.2) is 0 Å². The maximum absolute atomic E-state index is 13.4. The van der Waals surface area contributed by atoms with Crippen LogP contribution < -0.4 is 4.74 Å². The molecule has 0 radical (unpaired) electrons. The van der Waals surface area contributed by atoms with Crippen LogP contribution in [0.4, 0.5) is 4.39 Å². The Morgan fingerprint density at radius 3 is 2.82 bits per heavy atom. The Morgan fingerprint density at radius 2 is 2.14 bits per heavy atom. The monoisotopic (exact) mass is 336 g/mol. The van der Waals surface area contributed by atoms with Crippen LogP contribution in [0.1, 0.15) is 23.7 Å². The van der Waals surface area contributed by atoms with Crippen LogP contribution in [0.2, 0.25) is 5.02 Å². The molecule has 0 bridgehead atoms. The molecule has 5 heteroatoms. The van der Waals surface area contributed by atoms with Crippen LogP contribution in [-0.2, 0) is 0 Å². The molecular formula is C17H14ClFO2S. The Labute approximate surface area is 137 Å². The summed E-state index contributed by atoms with van der Waals surface area (Å²) in [7, 11) is 0. The molecule has 0 aromatic heterocycles. The number of thioether (sulfide) groups is 1. The predicted molar refractivity (Wildman–Crippen MR) is 88.3 cm³/mol. The summed E-state index contributed by atoms with van der Waals surface area (Å²) in [5.41, 5.74) is 2.45. The fourth-order valence-electron chi connectivity index (χ4n) is 2.69. The highest BCUT2D eigenvalue weighted by Crippen LogP contribution is 2.48. The summed E-state index contributed by atoms with van der Waals surface area (Å²) < 4.78 is 19.2. The van der Waals surface area contributed by atoms with Gasteiger partial charge in [0.25, 0.3) is 0 Å². The summed E-state index contributed by atoms with van der Waals surface area (Å²) in [4.78, 5) is 0.991. The summed E-state index contributed by atoms with van der Waals surface area (Å²) in [5, 5.41) is 10.5. The Hall–Kier alpha value is -1.49. The van der Waals surface area contributed by atoms with Crippen LogP contribution in [0.5, 0.6) is 11.5 Å². The Balaban J connectivity index is 2.07. The van der Waals surface area contributed by atoms with Gasteiger partial charge in [-0.3, -0.25) is 0 Å². The van der Waals surface area contributed by atoms with Crippen molar-refractivity contribution >= 4 is 28.9 Å². The molecule has 1 aliphatic rings. The minimum absolute atomic E-state index is 0.270. The third-order valence-electron chi connectivity index (χ3n) is 3.58. The number of rotatable bonds is 3. The molecule has 2 aromatic carbocycles. The maximum Gasteiger partial charge on any atom is 0.135 e. The van der Waals surface area contributed by atoms with Gasteiger partial charge in [-0.15, -0.1) is 11.8 Å². The molecule has 3 rings (SSSR count). The van der Waals surface area contributed by atoms with Gasteiger partial charge in [-0.25, -0.2) is 4.39 Å². The first kappa shape index (κ1) is 15.4. The molecule has 1 aliphatic carbocycles. The summed E-state index contributed by atoms with van der Waals surface area (Å²) in [6.07, 6.45) is 1.85. The van der Waals surface area contributed by atoms with Gasteiger partial charge < -0.3 is 9.84 Å². The Kier molecular flexibility index (Phi) is 4.17. The van der Waals surface area contributed by atoms with Crippen LogP contribution in [0.15, 0.2) is 41.8 Å². The SMILES string of the molecule is C=C1CC(O)c2c(SC)ccc(Oc3cc(F)cc(Cl)c3)c21. The first-order chi connectivity index (χ1) is 10.5. The molecule has 0 aliphatic heterocycles. The van der Waals surface area contributed by atoms with Crippen molar-refractivity contribution in [3.63, 3.8) is 0 Å². The molecule has 2 nitrogen and oxygen atoms in total. The lowest BCUT2D eigenvalue weighted by Crippen LogP contribution is -1.96. The number of ether oxygens (including phenoxy) is 1. The van der Waals surface area contributed by atoms with Crippen LogP contribution in [0, 0.1) is 5.82 Å². The molecule has 1 atom stereocenters. The topological polar surface area (TPSA) is 29.5 Å². The van der Waals surface area contributed by atoms with Crippen molar-refractivity contribution in [2.75, 3.05) is 6.26 Å². The zero-order chi connectivity index (χ0) is 15.9. The van der Waals surface area contributed by atoms with Crippen LogP contribution in [-0.4, -0.2) is 11.4 Å². The molecule has 114 valence electrons. The minimum atomic E-state index is -0.579. The van der Waals surface area contributed by atoms with Crippen molar-refractivity contribution in [1.82, 2.24) is 0 Å². The molecule has 1 unspecified atom stereocenters. The molecule has 0 saturated heterocycles. The van der Waals surface area contributed by atoms with Gasteiger partial charge in [-0.2, -0.15) is 0 Å². The molecule has 0 spiro atoms. The molecule has 22 heavy (non-hydrogen) atoms. The van der Waals surface area contributed by atoms with Gasteiger partial charge >= 0.3 is 0 Å². The molecule has 0 fully saturated rings.